The van der Waals surface area contributed by atoms with Crippen LogP contribution in [0.5, 0.6) is 0 Å². The van der Waals surface area contributed by atoms with Crippen molar-refractivity contribution in [2.45, 2.75) is 25.4 Å². The molecular weight excluding hydrogens is 472 g/mol. The number of carbonyl (C=O) groups is 2. The highest BCUT2D eigenvalue weighted by molar-refractivity contribution is 6.30. The second-order valence-corrected chi connectivity index (χ2v) is 7.62. The number of benzene rings is 2. The number of halogens is 1. The van der Waals surface area contributed by atoms with Crippen molar-refractivity contribution in [3.05, 3.63) is 59.1 Å². The summed E-state index contributed by atoms with van der Waals surface area (Å²) in [7, 11) is 1.48. The summed E-state index contributed by atoms with van der Waals surface area (Å²) in [6, 6.07) is 13.1. The Morgan fingerprint density at radius 2 is 1.91 bits per heavy atom. The largest absolute Gasteiger partial charge is 0.464 e. The molecule has 2 rings (SSSR count). The van der Waals surface area contributed by atoms with Gasteiger partial charge in [-0.2, -0.15) is 0 Å². The Morgan fingerprint density at radius 1 is 1.17 bits per heavy atom. The summed E-state index contributed by atoms with van der Waals surface area (Å²) in [6.45, 7) is 1.95. The quantitative estimate of drug-likeness (QED) is 0.0849. The average Bonchev–Trinajstić information content (AvgIpc) is 2.86. The molecule has 0 aliphatic carbocycles. The van der Waals surface area contributed by atoms with Gasteiger partial charge in [0.1, 0.15) is 6.61 Å². The molecule has 0 bridgehead atoms. The molecule has 0 aliphatic heterocycles. The Labute approximate surface area is 209 Å². The van der Waals surface area contributed by atoms with Crippen LogP contribution < -0.4 is 27.7 Å². The van der Waals surface area contributed by atoms with Gasteiger partial charge >= 0.3 is 5.97 Å². The topological polar surface area (TPSA) is 153 Å². The normalized spacial score (nSPS) is 12.6. The molecule has 0 radical (unpaired) electrons. The molecule has 2 atom stereocenters. The van der Waals surface area contributed by atoms with E-state index in [0.29, 0.717) is 5.02 Å². The maximum atomic E-state index is 13.0. The SMILES string of the molecule is CCOC(=O)C(C#CCOC)N[C@@H](Cc1ccc(-c2cccc(Cl)c2)cc1)C(=O)N/C(=N/N)NN. The number of carbonyl (C=O) groups excluding carboxylic acids is 2. The summed E-state index contributed by atoms with van der Waals surface area (Å²) in [5.74, 6) is 14.7. The third-order valence-electron chi connectivity index (χ3n) is 4.73. The van der Waals surface area contributed by atoms with Crippen LogP contribution in [0.3, 0.4) is 0 Å². The van der Waals surface area contributed by atoms with Crippen LogP contribution in [-0.2, 0) is 25.5 Å². The first-order valence-electron chi connectivity index (χ1n) is 10.7. The molecule has 2 aromatic rings. The first-order chi connectivity index (χ1) is 16.9. The van der Waals surface area contributed by atoms with Gasteiger partial charge in [-0.1, -0.05) is 59.8 Å². The zero-order valence-electron chi connectivity index (χ0n) is 19.5. The van der Waals surface area contributed by atoms with Crippen molar-refractivity contribution in [1.82, 2.24) is 16.1 Å². The molecule has 0 saturated heterocycles. The number of methoxy groups -OCH3 is 1. The number of rotatable bonds is 9. The number of amides is 1. The number of esters is 1. The van der Waals surface area contributed by atoms with Crippen LogP contribution in [0.4, 0.5) is 0 Å². The number of hydrogen-bond acceptors (Lipinski definition) is 8. The van der Waals surface area contributed by atoms with Crippen molar-refractivity contribution in [1.29, 1.82) is 0 Å². The summed E-state index contributed by atoms with van der Waals surface area (Å²) < 4.78 is 10.0. The average molecular weight is 501 g/mol. The van der Waals surface area contributed by atoms with Crippen LogP contribution in [0.1, 0.15) is 12.5 Å². The van der Waals surface area contributed by atoms with Gasteiger partial charge in [0.2, 0.25) is 11.9 Å². The van der Waals surface area contributed by atoms with Crippen LogP contribution in [0.15, 0.2) is 53.6 Å². The first-order valence-corrected chi connectivity index (χ1v) is 11.1. The Bertz CT molecular complexity index is 1080. The smallest absolute Gasteiger partial charge is 0.335 e. The molecule has 1 unspecified atom stereocenters. The van der Waals surface area contributed by atoms with Crippen LogP contribution in [0.25, 0.3) is 11.1 Å². The van der Waals surface area contributed by atoms with E-state index in [-0.39, 0.29) is 25.6 Å². The Kier molecular flexibility index (Phi) is 11.5. The van der Waals surface area contributed by atoms with E-state index in [1.165, 1.54) is 7.11 Å². The molecule has 0 fully saturated rings. The highest BCUT2D eigenvalue weighted by Gasteiger charge is 2.27. The van der Waals surface area contributed by atoms with E-state index >= 15 is 0 Å². The standard InChI is InChI=1S/C24H29ClN6O4/c1-3-35-23(33)20(8-5-13-34-2)28-21(22(32)29-24(30-26)31-27)14-16-9-11-17(12-10-16)18-6-4-7-19(25)15-18/h4,6-7,9-12,15,20-21,28H,3,13-14,26-27H2,1-2H3,(H2,29,30,31,32)/t20?,21-/m0/s1. The van der Waals surface area contributed by atoms with E-state index in [1.54, 1.807) is 13.0 Å². The van der Waals surface area contributed by atoms with Gasteiger partial charge in [0.15, 0.2) is 6.04 Å². The molecular formula is C24H29ClN6O4. The molecule has 0 heterocycles. The lowest BCUT2D eigenvalue weighted by molar-refractivity contribution is -0.144. The van der Waals surface area contributed by atoms with Gasteiger partial charge in [-0.3, -0.25) is 20.9 Å². The minimum absolute atomic E-state index is 0.112. The van der Waals surface area contributed by atoms with Gasteiger partial charge in [0.25, 0.3) is 0 Å². The van der Waals surface area contributed by atoms with Crippen LogP contribution in [-0.4, -0.2) is 50.2 Å². The van der Waals surface area contributed by atoms with Gasteiger partial charge in [-0.15, -0.1) is 5.10 Å². The third kappa shape index (κ3) is 8.92. The summed E-state index contributed by atoms with van der Waals surface area (Å²) in [6.07, 6.45) is 0.214. The fourth-order valence-electron chi connectivity index (χ4n) is 3.09. The highest BCUT2D eigenvalue weighted by atomic mass is 35.5. The summed E-state index contributed by atoms with van der Waals surface area (Å²) in [5.41, 5.74) is 4.94. The Morgan fingerprint density at radius 3 is 2.51 bits per heavy atom. The van der Waals surface area contributed by atoms with Crippen LogP contribution in [0, 0.1) is 11.8 Å². The predicted octanol–water partition coefficient (Wildman–Crippen LogP) is 0.898. The lowest BCUT2D eigenvalue weighted by Crippen LogP contribution is -2.55. The summed E-state index contributed by atoms with van der Waals surface area (Å²) >= 11 is 6.09. The predicted molar refractivity (Wildman–Crippen MR) is 135 cm³/mol. The van der Waals surface area contributed by atoms with Crippen LogP contribution in [0.2, 0.25) is 5.02 Å². The molecule has 2 aromatic carbocycles. The molecule has 0 spiro atoms. The van der Waals surface area contributed by atoms with Gasteiger partial charge in [-0.25, -0.2) is 10.6 Å². The minimum Gasteiger partial charge on any atom is -0.464 e. The molecule has 0 aliphatic rings. The van der Waals surface area contributed by atoms with Crippen LogP contribution >= 0.6 is 11.6 Å². The number of hydrazine groups is 1. The van der Waals surface area contributed by atoms with Gasteiger partial charge in [-0.05, 0) is 42.2 Å². The number of nitrogens with two attached hydrogens (primary N) is 2. The fraction of sp³-hybridized carbons (Fsp3) is 0.292. The molecule has 1 amide bonds. The molecule has 0 saturated carbocycles. The maximum Gasteiger partial charge on any atom is 0.335 e. The lowest BCUT2D eigenvalue weighted by atomic mass is 10.00. The molecule has 11 heteroatoms. The molecule has 186 valence electrons. The number of ether oxygens (including phenoxy) is 2. The van der Waals surface area contributed by atoms with E-state index in [9.17, 15) is 9.59 Å². The Balaban J connectivity index is 2.29. The number of hydrogen-bond donors (Lipinski definition) is 5. The van der Waals surface area contributed by atoms with E-state index < -0.39 is 24.0 Å². The molecule has 0 aromatic heterocycles. The highest BCUT2D eigenvalue weighted by Crippen LogP contribution is 2.23. The van der Waals surface area contributed by atoms with Crippen molar-refractivity contribution in [2.75, 3.05) is 20.3 Å². The third-order valence-corrected chi connectivity index (χ3v) is 4.96. The zero-order chi connectivity index (χ0) is 25.6. The number of nitrogens with one attached hydrogen (secondary N) is 3. The van der Waals surface area contributed by atoms with E-state index in [1.807, 2.05) is 42.5 Å². The molecule has 7 N–H and O–H groups in total. The van der Waals surface area contributed by atoms with E-state index in [4.69, 9.17) is 32.8 Å². The van der Waals surface area contributed by atoms with Gasteiger partial charge < -0.3 is 15.3 Å². The molecule has 10 nitrogen and oxygen atoms in total. The molecule has 35 heavy (non-hydrogen) atoms. The number of hydrazone groups is 1. The minimum atomic E-state index is -1.07. The van der Waals surface area contributed by atoms with Crippen molar-refractivity contribution in [3.63, 3.8) is 0 Å². The lowest BCUT2D eigenvalue weighted by Gasteiger charge is -2.22. The van der Waals surface area contributed by atoms with Crippen molar-refractivity contribution in [3.8, 4) is 23.0 Å². The number of nitrogens with zero attached hydrogens (tertiary/aromatic N) is 1. The van der Waals surface area contributed by atoms with E-state index in [0.717, 1.165) is 16.7 Å². The maximum absolute atomic E-state index is 13.0. The fourth-order valence-corrected chi connectivity index (χ4v) is 3.28. The Hall–Kier alpha value is -3.62. The van der Waals surface area contributed by atoms with Crippen molar-refractivity contribution >= 4 is 29.4 Å². The van der Waals surface area contributed by atoms with Gasteiger partial charge in [0, 0.05) is 12.1 Å². The first kappa shape index (κ1) is 27.6. The second kappa shape index (κ2) is 14.6. The van der Waals surface area contributed by atoms with E-state index in [2.05, 4.69) is 33.0 Å². The summed E-state index contributed by atoms with van der Waals surface area (Å²) in [5, 5.41) is 9.43. The van der Waals surface area contributed by atoms with Gasteiger partial charge in [0.05, 0.1) is 12.6 Å². The second-order valence-electron chi connectivity index (χ2n) is 7.18. The van der Waals surface area contributed by atoms with Crippen molar-refractivity contribution in [2.24, 2.45) is 16.8 Å². The number of guanidine groups is 1. The summed E-state index contributed by atoms with van der Waals surface area (Å²) in [4.78, 5) is 25.5. The monoisotopic (exact) mass is 500 g/mol. The van der Waals surface area contributed by atoms with Crippen molar-refractivity contribution < 1.29 is 19.1 Å². The zero-order valence-corrected chi connectivity index (χ0v) is 20.3.